The van der Waals surface area contributed by atoms with Crippen molar-refractivity contribution in [2.75, 3.05) is 29.5 Å². The summed E-state index contributed by atoms with van der Waals surface area (Å²) in [5, 5.41) is 10.9. The molecule has 44 heavy (non-hydrogen) atoms. The van der Waals surface area contributed by atoms with Crippen LogP contribution in [-0.2, 0) is 14.4 Å². The fourth-order valence-corrected chi connectivity index (χ4v) is 11.1. The Balaban J connectivity index is 1.65. The molecule has 2 aromatic rings. The van der Waals surface area contributed by atoms with Crippen molar-refractivity contribution in [3.8, 4) is 0 Å². The van der Waals surface area contributed by atoms with Crippen LogP contribution in [0.15, 0.2) is 79.9 Å². The lowest BCUT2D eigenvalue weighted by molar-refractivity contribution is -0.143. The number of fused-ring (bicyclic) bond motifs is 1. The van der Waals surface area contributed by atoms with Crippen molar-refractivity contribution in [3.05, 3.63) is 84.9 Å². The first-order valence-corrected chi connectivity index (χ1v) is 17.2. The first-order chi connectivity index (χ1) is 21.2. The van der Waals surface area contributed by atoms with Crippen molar-refractivity contribution < 1.29 is 19.5 Å². The average Bonchev–Trinajstić information content (AvgIpc) is 3.62. The molecule has 7 nitrogen and oxygen atoms in total. The number of benzene rings is 2. The zero-order valence-corrected chi connectivity index (χ0v) is 28.2. The number of anilines is 2. The molecule has 3 heterocycles. The number of likely N-dealkylation sites (tertiary alicyclic amines) is 1. The third kappa shape index (κ3) is 5.33. The smallest absolute Gasteiger partial charge is 0.251 e. The number of amides is 3. The Labute approximate surface area is 277 Å². The van der Waals surface area contributed by atoms with Gasteiger partial charge in [-0.25, -0.2) is 0 Å². The molecule has 3 aliphatic rings. The van der Waals surface area contributed by atoms with Crippen molar-refractivity contribution >= 4 is 68.4 Å². The number of hydrogen-bond acceptors (Lipinski definition) is 5. The van der Waals surface area contributed by atoms with Gasteiger partial charge in [-0.05, 0) is 36.6 Å². The highest BCUT2D eigenvalue weighted by atomic mass is 79.9. The highest BCUT2D eigenvalue weighted by molar-refractivity contribution is 9.09. The van der Waals surface area contributed by atoms with Crippen LogP contribution in [0.5, 0.6) is 0 Å². The molecule has 10 heteroatoms. The zero-order chi connectivity index (χ0) is 31.8. The Morgan fingerprint density at radius 1 is 1.11 bits per heavy atom. The lowest BCUT2D eigenvalue weighted by Gasteiger charge is -2.41. The van der Waals surface area contributed by atoms with Crippen molar-refractivity contribution in [1.82, 2.24) is 4.90 Å². The summed E-state index contributed by atoms with van der Waals surface area (Å²) in [6.45, 7) is 11.9. The van der Waals surface area contributed by atoms with Crippen molar-refractivity contribution in [3.63, 3.8) is 0 Å². The summed E-state index contributed by atoms with van der Waals surface area (Å²) >= 11 is 12.1. The highest BCUT2D eigenvalue weighted by Gasteiger charge is 2.76. The van der Waals surface area contributed by atoms with Gasteiger partial charge in [0.15, 0.2) is 0 Å². The molecule has 2 bridgehead atoms. The van der Waals surface area contributed by atoms with Gasteiger partial charge in [0.05, 0.1) is 39.9 Å². The number of thioether (sulfide) groups is 1. The summed E-state index contributed by atoms with van der Waals surface area (Å²) in [4.78, 5) is 49.1. The van der Waals surface area contributed by atoms with Crippen LogP contribution in [0.2, 0.25) is 5.02 Å². The van der Waals surface area contributed by atoms with E-state index in [0.29, 0.717) is 23.6 Å². The quantitative estimate of drug-likeness (QED) is 0.219. The number of halogens is 2. The number of rotatable bonds is 12. The molecule has 1 spiro atoms. The van der Waals surface area contributed by atoms with Crippen LogP contribution in [0.4, 0.5) is 11.4 Å². The minimum atomic E-state index is -0.917. The molecule has 234 valence electrons. The summed E-state index contributed by atoms with van der Waals surface area (Å²) < 4.78 is -0.884. The molecule has 0 aliphatic carbocycles. The number of hydrogen-bond donors (Lipinski definition) is 1. The number of aliphatic hydroxyl groups is 1. The molecule has 3 unspecified atom stereocenters. The van der Waals surface area contributed by atoms with E-state index in [1.165, 1.54) is 0 Å². The topological polar surface area (TPSA) is 81.2 Å². The van der Waals surface area contributed by atoms with Crippen LogP contribution in [0.25, 0.3) is 0 Å². The third-order valence-corrected chi connectivity index (χ3v) is 13.0. The van der Waals surface area contributed by atoms with E-state index in [4.69, 9.17) is 11.6 Å². The number of aliphatic hydroxyl groups excluding tert-OH is 1. The molecule has 2 aromatic carbocycles. The Morgan fingerprint density at radius 3 is 2.36 bits per heavy atom. The van der Waals surface area contributed by atoms with Gasteiger partial charge in [0, 0.05) is 28.9 Å². The Hall–Kier alpha value is -2.59. The molecular weight excluding hydrogens is 662 g/mol. The lowest BCUT2D eigenvalue weighted by atomic mass is 9.70. The molecule has 3 amide bonds. The van der Waals surface area contributed by atoms with Crippen molar-refractivity contribution in [2.45, 2.75) is 53.6 Å². The summed E-state index contributed by atoms with van der Waals surface area (Å²) in [6.07, 6.45) is 4.56. The maximum atomic E-state index is 14.9. The Bertz CT molecular complexity index is 1430. The van der Waals surface area contributed by atoms with Gasteiger partial charge in [0.2, 0.25) is 11.8 Å². The molecule has 3 saturated heterocycles. The van der Waals surface area contributed by atoms with E-state index in [9.17, 15) is 19.5 Å². The molecule has 8 atom stereocenters. The van der Waals surface area contributed by atoms with E-state index in [0.717, 1.165) is 5.69 Å². The minimum Gasteiger partial charge on any atom is -0.394 e. The summed E-state index contributed by atoms with van der Waals surface area (Å²) in [6, 6.07) is 15.0. The van der Waals surface area contributed by atoms with E-state index in [-0.39, 0.29) is 53.4 Å². The first kappa shape index (κ1) is 32.8. The molecule has 3 fully saturated rings. The molecule has 5 rings (SSSR count). The fraction of sp³-hybridized carbons (Fsp3) is 0.441. The monoisotopic (exact) mass is 699 g/mol. The van der Waals surface area contributed by atoms with E-state index in [1.807, 2.05) is 50.2 Å². The van der Waals surface area contributed by atoms with Crippen LogP contribution in [-0.4, -0.2) is 74.3 Å². The molecule has 0 radical (unpaired) electrons. The second-order valence-electron chi connectivity index (χ2n) is 11.8. The van der Waals surface area contributed by atoms with Crippen LogP contribution < -0.4 is 9.80 Å². The van der Waals surface area contributed by atoms with Crippen molar-refractivity contribution in [2.24, 2.45) is 17.8 Å². The standard InChI is InChI=1S/C34H39BrClN3O4S/c1-5-17-37(22-13-9-8-10-14-22)31(41)27-28-32(42)39(26(20-40)21(4)7-3)30(34(28)19-23(35)29(27)44-34)33(43)38(18-6-2)25-16-12-11-15-24(25)36/h5-6,8-16,21,23,26-30,40H,1-2,7,17-20H2,3-4H3/t21-,23?,26-,27-,28-,29-,30?,34?/m0/s1. The highest BCUT2D eigenvalue weighted by Crippen LogP contribution is 2.68. The van der Waals surface area contributed by atoms with Crippen LogP contribution in [0.1, 0.15) is 26.7 Å². The maximum Gasteiger partial charge on any atom is 0.251 e. The summed E-state index contributed by atoms with van der Waals surface area (Å²) in [5.41, 5.74) is 1.25. The number of para-hydroxylation sites is 2. The van der Waals surface area contributed by atoms with Gasteiger partial charge in [-0.2, -0.15) is 0 Å². The second kappa shape index (κ2) is 13.4. The van der Waals surface area contributed by atoms with Crippen LogP contribution in [0.3, 0.4) is 0 Å². The number of carbonyl (C=O) groups is 3. The van der Waals surface area contributed by atoms with E-state index < -0.39 is 28.7 Å². The van der Waals surface area contributed by atoms with E-state index in [1.54, 1.807) is 56.8 Å². The van der Waals surface area contributed by atoms with Gasteiger partial charge in [-0.3, -0.25) is 14.4 Å². The number of nitrogens with zero attached hydrogens (tertiary/aromatic N) is 3. The number of carbonyl (C=O) groups excluding carboxylic acids is 3. The van der Waals surface area contributed by atoms with Crippen LogP contribution in [0, 0.1) is 17.8 Å². The van der Waals surface area contributed by atoms with E-state index >= 15 is 0 Å². The predicted octanol–water partition coefficient (Wildman–Crippen LogP) is 5.95. The molecule has 0 saturated carbocycles. The lowest BCUT2D eigenvalue weighted by Crippen LogP contribution is -2.59. The normalized spacial score (nSPS) is 28.3. The molecular formula is C34H39BrClN3O4S. The SMILES string of the molecule is C=CCN(C(=O)[C@H]1[C@H]2C(=O)N([C@@H](CO)[C@@H](C)CC)C(C(=O)N(CC=C)c3ccccc3Cl)C23CC(Br)[C@@H]1S3)c1ccccc1. The van der Waals surface area contributed by atoms with Crippen LogP contribution >= 0.6 is 39.3 Å². The maximum absolute atomic E-state index is 14.9. The van der Waals surface area contributed by atoms with Gasteiger partial charge in [0.1, 0.15) is 6.04 Å². The van der Waals surface area contributed by atoms with Gasteiger partial charge >= 0.3 is 0 Å². The zero-order valence-electron chi connectivity index (χ0n) is 25.0. The summed E-state index contributed by atoms with van der Waals surface area (Å²) in [5.74, 6) is -2.19. The number of alkyl halides is 1. The van der Waals surface area contributed by atoms with Gasteiger partial charge in [0.25, 0.3) is 5.91 Å². The predicted molar refractivity (Wildman–Crippen MR) is 182 cm³/mol. The minimum absolute atomic E-state index is 0.0830. The summed E-state index contributed by atoms with van der Waals surface area (Å²) in [7, 11) is 0. The van der Waals surface area contributed by atoms with Gasteiger partial charge < -0.3 is 19.8 Å². The fourth-order valence-electron chi connectivity index (χ4n) is 7.29. The van der Waals surface area contributed by atoms with Crippen molar-refractivity contribution in [1.29, 1.82) is 0 Å². The average molecular weight is 701 g/mol. The molecule has 3 aliphatic heterocycles. The molecule has 0 aromatic heterocycles. The molecule has 1 N–H and O–H groups in total. The third-order valence-electron chi connectivity index (χ3n) is 9.46. The second-order valence-corrected chi connectivity index (χ2v) is 14.9. The van der Waals surface area contributed by atoms with Gasteiger partial charge in [-0.15, -0.1) is 24.9 Å². The van der Waals surface area contributed by atoms with E-state index in [2.05, 4.69) is 29.1 Å². The Kier molecular flexibility index (Phi) is 10.00. The Morgan fingerprint density at radius 2 is 1.75 bits per heavy atom. The largest absolute Gasteiger partial charge is 0.394 e. The van der Waals surface area contributed by atoms with Gasteiger partial charge in [-0.1, -0.05) is 90.3 Å². The first-order valence-electron chi connectivity index (χ1n) is 15.1.